The third-order valence-electron chi connectivity index (χ3n) is 1.96. The van der Waals surface area contributed by atoms with Crippen molar-refractivity contribution in [2.45, 2.75) is 0 Å². The van der Waals surface area contributed by atoms with Crippen LogP contribution in [0.5, 0.6) is 0 Å². The SMILES string of the molecule is Nc1cc(Br)nc(Nc2c(F)cc(F)cc2Br)n1. The number of nitrogens with zero attached hydrogens (tertiary/aromatic N) is 2. The molecule has 0 aliphatic carbocycles. The quantitative estimate of drug-likeness (QED) is 0.782. The molecule has 0 amide bonds. The van der Waals surface area contributed by atoms with E-state index < -0.39 is 11.6 Å². The van der Waals surface area contributed by atoms with Crippen molar-refractivity contribution in [3.8, 4) is 0 Å². The normalized spacial score (nSPS) is 10.4. The Morgan fingerprint density at radius 2 is 1.83 bits per heavy atom. The van der Waals surface area contributed by atoms with Crippen LogP contribution in [0.15, 0.2) is 27.3 Å². The highest BCUT2D eigenvalue weighted by Crippen LogP contribution is 2.29. The molecule has 18 heavy (non-hydrogen) atoms. The second-order valence-electron chi connectivity index (χ2n) is 3.31. The molecule has 0 saturated carbocycles. The number of nitrogens with one attached hydrogen (secondary N) is 1. The van der Waals surface area contributed by atoms with E-state index in [4.69, 9.17) is 5.73 Å². The van der Waals surface area contributed by atoms with Crippen molar-refractivity contribution in [2.75, 3.05) is 11.1 Å². The summed E-state index contributed by atoms with van der Waals surface area (Å²) >= 11 is 6.19. The number of hydrogen-bond donors (Lipinski definition) is 2. The maximum Gasteiger partial charge on any atom is 0.230 e. The van der Waals surface area contributed by atoms with Crippen molar-refractivity contribution in [2.24, 2.45) is 0 Å². The number of rotatable bonds is 2. The van der Waals surface area contributed by atoms with Crippen LogP contribution in [-0.2, 0) is 0 Å². The van der Waals surface area contributed by atoms with Crippen LogP contribution in [0.25, 0.3) is 0 Å². The summed E-state index contributed by atoms with van der Waals surface area (Å²) in [4.78, 5) is 7.85. The van der Waals surface area contributed by atoms with E-state index in [2.05, 4.69) is 47.1 Å². The number of halogens is 4. The van der Waals surface area contributed by atoms with Gasteiger partial charge in [-0.15, -0.1) is 0 Å². The molecule has 0 aliphatic heterocycles. The Morgan fingerprint density at radius 3 is 2.44 bits per heavy atom. The molecule has 0 aliphatic rings. The van der Waals surface area contributed by atoms with Crippen LogP contribution in [0.1, 0.15) is 0 Å². The van der Waals surface area contributed by atoms with E-state index in [9.17, 15) is 8.78 Å². The molecular formula is C10H6Br2F2N4. The Bertz CT molecular complexity index is 563. The molecule has 0 fully saturated rings. The minimum atomic E-state index is -0.760. The highest BCUT2D eigenvalue weighted by Gasteiger charge is 2.11. The van der Waals surface area contributed by atoms with Crippen molar-refractivity contribution >= 4 is 49.3 Å². The fourth-order valence-electron chi connectivity index (χ4n) is 1.26. The minimum absolute atomic E-state index is 0.0360. The molecule has 0 bridgehead atoms. The molecule has 2 rings (SSSR count). The van der Waals surface area contributed by atoms with Crippen LogP contribution >= 0.6 is 31.9 Å². The molecule has 0 saturated heterocycles. The van der Waals surface area contributed by atoms with Crippen LogP contribution in [0.2, 0.25) is 0 Å². The maximum absolute atomic E-state index is 13.6. The van der Waals surface area contributed by atoms with Crippen LogP contribution in [-0.4, -0.2) is 9.97 Å². The molecule has 0 spiro atoms. The number of anilines is 3. The van der Waals surface area contributed by atoms with Crippen molar-refractivity contribution < 1.29 is 8.78 Å². The largest absolute Gasteiger partial charge is 0.383 e. The van der Waals surface area contributed by atoms with Crippen LogP contribution in [0, 0.1) is 11.6 Å². The smallest absolute Gasteiger partial charge is 0.230 e. The number of benzene rings is 1. The van der Waals surface area contributed by atoms with Crippen molar-refractivity contribution in [3.05, 3.63) is 38.9 Å². The zero-order valence-electron chi connectivity index (χ0n) is 8.72. The Morgan fingerprint density at radius 1 is 1.11 bits per heavy atom. The summed E-state index contributed by atoms with van der Waals surface area (Å²) in [6.07, 6.45) is 0. The van der Waals surface area contributed by atoms with Gasteiger partial charge in [-0.25, -0.2) is 13.8 Å². The van der Waals surface area contributed by atoms with Gasteiger partial charge in [0.1, 0.15) is 16.2 Å². The first kappa shape index (κ1) is 13.2. The van der Waals surface area contributed by atoms with Gasteiger partial charge in [-0.05, 0) is 37.9 Å². The molecule has 3 N–H and O–H groups in total. The minimum Gasteiger partial charge on any atom is -0.383 e. The molecule has 2 aromatic rings. The number of nitrogens with two attached hydrogens (primary N) is 1. The average Bonchev–Trinajstić information content (AvgIpc) is 2.22. The van der Waals surface area contributed by atoms with Gasteiger partial charge in [-0.1, -0.05) is 0 Å². The fourth-order valence-corrected chi connectivity index (χ4v) is 2.17. The van der Waals surface area contributed by atoms with E-state index in [0.29, 0.717) is 4.60 Å². The van der Waals surface area contributed by atoms with E-state index in [1.54, 1.807) is 0 Å². The van der Waals surface area contributed by atoms with Gasteiger partial charge in [-0.3, -0.25) is 0 Å². The summed E-state index contributed by atoms with van der Waals surface area (Å²) < 4.78 is 27.2. The van der Waals surface area contributed by atoms with Gasteiger partial charge in [0.2, 0.25) is 5.95 Å². The monoisotopic (exact) mass is 378 g/mol. The first-order valence-corrected chi connectivity index (χ1v) is 6.26. The zero-order valence-corrected chi connectivity index (χ0v) is 11.9. The summed E-state index contributed by atoms with van der Waals surface area (Å²) in [6.45, 7) is 0. The van der Waals surface area contributed by atoms with Crippen LogP contribution in [0.3, 0.4) is 0 Å². The second-order valence-corrected chi connectivity index (χ2v) is 4.98. The first-order valence-electron chi connectivity index (χ1n) is 4.67. The summed E-state index contributed by atoms with van der Waals surface area (Å²) in [6, 6.07) is 3.39. The summed E-state index contributed by atoms with van der Waals surface area (Å²) in [5.41, 5.74) is 5.56. The van der Waals surface area contributed by atoms with E-state index in [-0.39, 0.29) is 21.9 Å². The molecule has 1 aromatic carbocycles. The van der Waals surface area contributed by atoms with E-state index in [0.717, 1.165) is 12.1 Å². The first-order chi connectivity index (χ1) is 8.45. The third kappa shape index (κ3) is 2.94. The predicted molar refractivity (Wildman–Crippen MR) is 71.5 cm³/mol. The lowest BCUT2D eigenvalue weighted by molar-refractivity contribution is 0.584. The Kier molecular flexibility index (Phi) is 3.76. The molecule has 1 aromatic heterocycles. The number of hydrogen-bond acceptors (Lipinski definition) is 4. The molecule has 0 unspecified atom stereocenters. The zero-order chi connectivity index (χ0) is 13.3. The Hall–Kier alpha value is -1.28. The van der Waals surface area contributed by atoms with Gasteiger partial charge < -0.3 is 11.1 Å². The summed E-state index contributed by atoms with van der Waals surface area (Å²) in [7, 11) is 0. The van der Waals surface area contributed by atoms with Gasteiger partial charge >= 0.3 is 0 Å². The van der Waals surface area contributed by atoms with Gasteiger partial charge in [0.25, 0.3) is 0 Å². The summed E-state index contributed by atoms with van der Waals surface area (Å²) in [5, 5.41) is 2.63. The molecular weight excluding hydrogens is 374 g/mol. The number of nitrogen functional groups attached to an aromatic ring is 1. The fraction of sp³-hybridized carbons (Fsp3) is 0. The van der Waals surface area contributed by atoms with Gasteiger partial charge in [0.15, 0.2) is 5.82 Å². The molecule has 0 radical (unpaired) electrons. The molecule has 94 valence electrons. The van der Waals surface area contributed by atoms with Gasteiger partial charge in [-0.2, -0.15) is 4.98 Å². The molecule has 1 heterocycles. The van der Waals surface area contributed by atoms with Gasteiger partial charge in [0, 0.05) is 16.6 Å². The lowest BCUT2D eigenvalue weighted by Crippen LogP contribution is -2.03. The second kappa shape index (κ2) is 5.15. The third-order valence-corrected chi connectivity index (χ3v) is 2.99. The molecule has 0 atom stereocenters. The highest BCUT2D eigenvalue weighted by atomic mass is 79.9. The van der Waals surface area contributed by atoms with Crippen molar-refractivity contribution in [1.29, 1.82) is 0 Å². The topological polar surface area (TPSA) is 63.8 Å². The maximum atomic E-state index is 13.6. The standard InChI is InChI=1S/C10H6Br2F2N4/c11-5-1-4(13)2-6(14)9(5)18-10-16-7(12)3-8(15)17-10/h1-3H,(H3,15,16,17,18). The van der Waals surface area contributed by atoms with E-state index >= 15 is 0 Å². The van der Waals surface area contributed by atoms with Crippen LogP contribution in [0.4, 0.5) is 26.2 Å². The van der Waals surface area contributed by atoms with E-state index in [1.165, 1.54) is 6.07 Å². The van der Waals surface area contributed by atoms with Crippen LogP contribution < -0.4 is 11.1 Å². The lowest BCUT2D eigenvalue weighted by atomic mass is 10.3. The van der Waals surface area contributed by atoms with E-state index in [1.807, 2.05) is 0 Å². The summed E-state index contributed by atoms with van der Waals surface area (Å²) in [5.74, 6) is -1.12. The van der Waals surface area contributed by atoms with Crippen molar-refractivity contribution in [3.63, 3.8) is 0 Å². The molecule has 4 nitrogen and oxygen atoms in total. The Labute approximate surface area is 118 Å². The lowest BCUT2D eigenvalue weighted by Gasteiger charge is -2.09. The highest BCUT2D eigenvalue weighted by molar-refractivity contribution is 9.10. The Balaban J connectivity index is 2.40. The number of aromatic nitrogens is 2. The van der Waals surface area contributed by atoms with Gasteiger partial charge in [0.05, 0.1) is 5.69 Å². The predicted octanol–water partition coefficient (Wildman–Crippen LogP) is 3.61. The molecule has 8 heteroatoms. The van der Waals surface area contributed by atoms with Crippen molar-refractivity contribution in [1.82, 2.24) is 9.97 Å². The average molecular weight is 380 g/mol.